The summed E-state index contributed by atoms with van der Waals surface area (Å²) >= 11 is 0. The summed E-state index contributed by atoms with van der Waals surface area (Å²) in [6, 6.07) is 7.11. The zero-order valence-corrected chi connectivity index (χ0v) is 21.9. The van der Waals surface area contributed by atoms with Crippen LogP contribution in [0.15, 0.2) is 41.6 Å². The summed E-state index contributed by atoms with van der Waals surface area (Å²) in [7, 11) is 0. The predicted octanol–water partition coefficient (Wildman–Crippen LogP) is 6.86. The molecule has 0 saturated heterocycles. The molecule has 0 unspecified atom stereocenters. The number of ether oxygens (including phenoxy) is 2. The fourth-order valence-corrected chi connectivity index (χ4v) is 3.35. The monoisotopic (exact) mass is 528 g/mol. The Hall–Kier alpha value is -4.35. The van der Waals surface area contributed by atoms with Gasteiger partial charge in [0.2, 0.25) is 5.91 Å². The van der Waals surface area contributed by atoms with E-state index < -0.39 is 28.3 Å². The molecule has 38 heavy (non-hydrogen) atoms. The average Bonchev–Trinajstić information content (AvgIpc) is 2.83. The van der Waals surface area contributed by atoms with Gasteiger partial charge in [0.1, 0.15) is 11.3 Å². The second kappa shape index (κ2) is 13.8. The van der Waals surface area contributed by atoms with E-state index in [1.807, 2.05) is 0 Å². The third-order valence-corrected chi connectivity index (χ3v) is 5.06. The van der Waals surface area contributed by atoms with Crippen LogP contribution >= 0.6 is 0 Å². The van der Waals surface area contributed by atoms with E-state index >= 15 is 0 Å². The molecule has 0 fully saturated rings. The smallest absolute Gasteiger partial charge is 0.412 e. The highest BCUT2D eigenvalue weighted by Gasteiger charge is 2.21. The maximum absolute atomic E-state index is 12.8. The lowest BCUT2D eigenvalue weighted by Crippen LogP contribution is -2.27. The van der Waals surface area contributed by atoms with E-state index in [1.54, 1.807) is 20.8 Å². The Morgan fingerprint density at radius 2 is 1.71 bits per heavy atom. The Morgan fingerprint density at radius 3 is 2.34 bits per heavy atom. The average molecular weight is 529 g/mol. The highest BCUT2D eigenvalue weighted by atomic mass is 16.6. The number of anilines is 2. The van der Waals surface area contributed by atoms with Gasteiger partial charge in [0.15, 0.2) is 5.75 Å². The van der Waals surface area contributed by atoms with E-state index in [0.717, 1.165) is 50.3 Å². The highest BCUT2D eigenvalue weighted by Crippen LogP contribution is 2.31. The lowest BCUT2D eigenvalue weighted by molar-refractivity contribution is -0.384. The molecule has 2 rings (SSSR count). The number of non-ortho nitro benzene ring substituents is 1. The number of unbranched alkanes of at least 4 members (excludes halogenated alkanes) is 4. The van der Waals surface area contributed by atoms with Crippen LogP contribution in [0, 0.1) is 15.0 Å². The molecule has 0 radical (unpaired) electrons. The number of esters is 1. The number of hydrogen-bond donors (Lipinski definition) is 2. The molecule has 0 aromatic heterocycles. The molecular formula is C26H32N4O8. The molecule has 2 amide bonds. The van der Waals surface area contributed by atoms with Crippen molar-refractivity contribution < 1.29 is 28.8 Å². The minimum absolute atomic E-state index is 0.00696. The minimum Gasteiger partial charge on any atom is -0.444 e. The first-order valence-corrected chi connectivity index (χ1v) is 12.2. The van der Waals surface area contributed by atoms with Crippen LogP contribution in [0.1, 0.15) is 76.6 Å². The van der Waals surface area contributed by atoms with Crippen LogP contribution in [0.5, 0.6) is 5.75 Å². The molecular weight excluding hydrogens is 496 g/mol. The molecule has 0 aliphatic rings. The van der Waals surface area contributed by atoms with Crippen molar-refractivity contribution in [1.82, 2.24) is 0 Å². The first kappa shape index (κ1) is 29.9. The van der Waals surface area contributed by atoms with Gasteiger partial charge in [-0.05, 0) is 56.6 Å². The van der Waals surface area contributed by atoms with Crippen molar-refractivity contribution in [2.45, 2.75) is 71.8 Å². The number of carbonyl (C=O) groups is 3. The molecule has 2 N–H and O–H groups in total. The zero-order chi connectivity index (χ0) is 28.3. The highest BCUT2D eigenvalue weighted by molar-refractivity contribution is 5.96. The molecule has 12 nitrogen and oxygen atoms in total. The molecule has 2 aromatic rings. The first-order valence-electron chi connectivity index (χ1n) is 12.2. The maximum Gasteiger partial charge on any atom is 0.412 e. The fourth-order valence-electron chi connectivity index (χ4n) is 3.35. The number of nitroso groups, excluding NO2 is 1. The molecule has 2 aromatic carbocycles. The van der Waals surface area contributed by atoms with Crippen LogP contribution in [0.2, 0.25) is 0 Å². The number of nitrogens with one attached hydrogen (secondary N) is 2. The van der Waals surface area contributed by atoms with E-state index in [-0.39, 0.29) is 28.6 Å². The van der Waals surface area contributed by atoms with Gasteiger partial charge < -0.3 is 14.8 Å². The van der Waals surface area contributed by atoms with Crippen molar-refractivity contribution in [3.63, 3.8) is 0 Å². The van der Waals surface area contributed by atoms with Gasteiger partial charge in [-0.15, -0.1) is 4.91 Å². The van der Waals surface area contributed by atoms with Crippen LogP contribution in [-0.4, -0.2) is 28.5 Å². The normalized spacial score (nSPS) is 10.8. The number of carbonyl (C=O) groups excluding carboxylic acids is 3. The lowest BCUT2D eigenvalue weighted by atomic mass is 10.1. The van der Waals surface area contributed by atoms with Crippen LogP contribution in [0.3, 0.4) is 0 Å². The van der Waals surface area contributed by atoms with Crippen molar-refractivity contribution in [3.8, 4) is 5.75 Å². The van der Waals surface area contributed by atoms with Crippen molar-refractivity contribution in [1.29, 1.82) is 0 Å². The Labute approximate surface area is 220 Å². The minimum atomic E-state index is -1.03. The summed E-state index contributed by atoms with van der Waals surface area (Å²) < 4.78 is 10.6. The Balaban J connectivity index is 2.27. The van der Waals surface area contributed by atoms with E-state index in [1.165, 1.54) is 18.2 Å². The Bertz CT molecular complexity index is 1190. The largest absolute Gasteiger partial charge is 0.444 e. The summed E-state index contributed by atoms with van der Waals surface area (Å²) in [5.74, 6) is -1.36. The van der Waals surface area contributed by atoms with Crippen LogP contribution in [0.4, 0.5) is 27.5 Å². The maximum atomic E-state index is 12.8. The molecule has 0 bridgehead atoms. The van der Waals surface area contributed by atoms with Gasteiger partial charge in [0.25, 0.3) is 5.69 Å². The summed E-state index contributed by atoms with van der Waals surface area (Å²) in [5, 5.41) is 19.0. The molecule has 0 aliphatic carbocycles. The van der Waals surface area contributed by atoms with E-state index in [0.29, 0.717) is 12.1 Å². The van der Waals surface area contributed by atoms with Gasteiger partial charge in [0.05, 0.1) is 16.2 Å². The SMILES string of the molecule is CCCCCCCC(=O)Nc1ccc(OC(=O)c2cc(N=O)cc([N+](=O)[O-])c2)c(NC(=O)OC(C)(C)C)c1. The van der Waals surface area contributed by atoms with Gasteiger partial charge >= 0.3 is 12.1 Å². The summed E-state index contributed by atoms with van der Waals surface area (Å²) in [6.45, 7) is 7.13. The van der Waals surface area contributed by atoms with E-state index in [2.05, 4.69) is 22.7 Å². The number of benzene rings is 2. The molecule has 0 saturated carbocycles. The summed E-state index contributed by atoms with van der Waals surface area (Å²) in [6.07, 6.45) is 4.46. The van der Waals surface area contributed by atoms with Crippen LogP contribution < -0.4 is 15.4 Å². The van der Waals surface area contributed by atoms with Crippen molar-refractivity contribution >= 4 is 40.7 Å². The number of rotatable bonds is 12. The number of nitro benzene ring substituents is 1. The number of hydrogen-bond acceptors (Lipinski definition) is 9. The predicted molar refractivity (Wildman–Crippen MR) is 142 cm³/mol. The summed E-state index contributed by atoms with van der Waals surface area (Å²) in [4.78, 5) is 58.8. The second-order valence-electron chi connectivity index (χ2n) is 9.53. The standard InChI is InChI=1S/C26H32N4O8/c1-5-6-7-8-9-10-23(31)27-18-11-12-22(21(16-18)28-25(33)38-26(2,3)4)37-24(32)17-13-19(29-34)15-20(14-17)30(35)36/h11-16H,5-10H2,1-4H3,(H,27,31)(H,28,33). The van der Waals surface area contributed by atoms with Gasteiger partial charge in [-0.3, -0.25) is 20.2 Å². The quantitative estimate of drug-likeness (QED) is 0.0752. The van der Waals surface area contributed by atoms with Gasteiger partial charge in [-0.2, -0.15) is 0 Å². The number of amides is 2. The van der Waals surface area contributed by atoms with Crippen molar-refractivity contribution in [3.05, 3.63) is 57.0 Å². The van der Waals surface area contributed by atoms with Crippen molar-refractivity contribution in [2.24, 2.45) is 5.18 Å². The lowest BCUT2D eigenvalue weighted by Gasteiger charge is -2.20. The fraction of sp³-hybridized carbons (Fsp3) is 0.423. The second-order valence-corrected chi connectivity index (χ2v) is 9.53. The third-order valence-electron chi connectivity index (χ3n) is 5.06. The topological polar surface area (TPSA) is 166 Å². The molecule has 0 aliphatic heterocycles. The van der Waals surface area contributed by atoms with Gasteiger partial charge in [-0.1, -0.05) is 32.6 Å². The third kappa shape index (κ3) is 9.96. The van der Waals surface area contributed by atoms with Crippen LogP contribution in [0.25, 0.3) is 0 Å². The molecule has 0 spiro atoms. The van der Waals surface area contributed by atoms with Crippen LogP contribution in [-0.2, 0) is 9.53 Å². The molecule has 0 heterocycles. The first-order chi connectivity index (χ1) is 17.9. The molecule has 204 valence electrons. The Morgan fingerprint density at radius 1 is 1.00 bits per heavy atom. The van der Waals surface area contributed by atoms with Gasteiger partial charge in [0, 0.05) is 24.2 Å². The van der Waals surface area contributed by atoms with Crippen molar-refractivity contribution in [2.75, 3.05) is 10.6 Å². The number of nitro groups is 1. The summed E-state index contributed by atoms with van der Waals surface area (Å²) in [5.41, 5.74) is -1.60. The zero-order valence-electron chi connectivity index (χ0n) is 21.9. The number of nitrogens with zero attached hydrogens (tertiary/aromatic N) is 2. The molecule has 0 atom stereocenters. The Kier molecular flexibility index (Phi) is 10.9. The van der Waals surface area contributed by atoms with Gasteiger partial charge in [-0.25, -0.2) is 9.59 Å². The van der Waals surface area contributed by atoms with E-state index in [9.17, 15) is 29.4 Å². The molecule has 12 heteroatoms. The van der Waals surface area contributed by atoms with E-state index in [4.69, 9.17) is 9.47 Å².